The molecule has 0 saturated carbocycles. The van der Waals surface area contributed by atoms with Crippen LogP contribution in [0.25, 0.3) is 0 Å². The first kappa shape index (κ1) is 10.3. The smallest absolute Gasteiger partial charge is 0.227 e. The summed E-state index contributed by atoms with van der Waals surface area (Å²) < 4.78 is 13.2. The Morgan fingerprint density at radius 3 is 3.06 bits per heavy atom. The molecular weight excluding hydrogens is 217 g/mol. The van der Waals surface area contributed by atoms with E-state index in [1.54, 1.807) is 11.0 Å². The molecule has 86 valence electrons. The molecule has 2 heterocycles. The molecule has 3 heteroatoms. The van der Waals surface area contributed by atoms with Crippen molar-refractivity contribution in [3.05, 3.63) is 29.6 Å². The minimum Gasteiger partial charge on any atom is -0.308 e. The van der Waals surface area contributed by atoms with E-state index in [0.29, 0.717) is 12.8 Å². The Labute approximate surface area is 99.4 Å². The fourth-order valence-electron chi connectivity index (χ4n) is 2.88. The van der Waals surface area contributed by atoms with Gasteiger partial charge in [-0.15, -0.1) is 12.3 Å². The Balaban J connectivity index is 2.06. The van der Waals surface area contributed by atoms with Gasteiger partial charge in [0.2, 0.25) is 5.91 Å². The molecular formula is C14H12FNO. The molecule has 0 N–H and O–H groups in total. The lowest BCUT2D eigenvalue weighted by Gasteiger charge is -2.34. The van der Waals surface area contributed by atoms with Gasteiger partial charge in [0.1, 0.15) is 5.82 Å². The van der Waals surface area contributed by atoms with E-state index in [-0.39, 0.29) is 23.7 Å². The van der Waals surface area contributed by atoms with Crippen molar-refractivity contribution in [1.82, 2.24) is 0 Å². The van der Waals surface area contributed by atoms with Crippen LogP contribution < -0.4 is 4.90 Å². The number of piperidine rings is 1. The predicted molar refractivity (Wildman–Crippen MR) is 62.9 cm³/mol. The van der Waals surface area contributed by atoms with Gasteiger partial charge in [0.25, 0.3) is 0 Å². The number of fused-ring (bicyclic) bond motifs is 3. The van der Waals surface area contributed by atoms with E-state index in [0.717, 1.165) is 17.7 Å². The fourth-order valence-corrected chi connectivity index (χ4v) is 2.88. The largest absolute Gasteiger partial charge is 0.308 e. The summed E-state index contributed by atoms with van der Waals surface area (Å²) in [5.41, 5.74) is 1.73. The van der Waals surface area contributed by atoms with E-state index in [4.69, 9.17) is 6.42 Å². The molecule has 0 aromatic heterocycles. The van der Waals surface area contributed by atoms with Crippen LogP contribution in [0, 0.1) is 24.1 Å². The van der Waals surface area contributed by atoms with Gasteiger partial charge in [-0.3, -0.25) is 4.79 Å². The van der Waals surface area contributed by atoms with Gasteiger partial charge >= 0.3 is 0 Å². The highest BCUT2D eigenvalue weighted by atomic mass is 19.1. The second kappa shape index (κ2) is 3.59. The van der Waals surface area contributed by atoms with Gasteiger partial charge in [-0.25, -0.2) is 4.39 Å². The molecule has 2 aliphatic rings. The van der Waals surface area contributed by atoms with Crippen LogP contribution in [0.5, 0.6) is 0 Å². The Morgan fingerprint density at radius 2 is 2.29 bits per heavy atom. The van der Waals surface area contributed by atoms with E-state index < -0.39 is 0 Å². The maximum atomic E-state index is 13.2. The monoisotopic (exact) mass is 229 g/mol. The molecule has 1 aromatic rings. The Bertz CT molecular complexity index is 532. The molecule has 2 atom stereocenters. The summed E-state index contributed by atoms with van der Waals surface area (Å²) in [6.07, 6.45) is 7.41. The maximum absolute atomic E-state index is 13.2. The zero-order valence-corrected chi connectivity index (χ0v) is 9.32. The summed E-state index contributed by atoms with van der Waals surface area (Å²) >= 11 is 0. The summed E-state index contributed by atoms with van der Waals surface area (Å²) in [6.45, 7) is 0. The standard InChI is InChI=1S/C14H12FNO/c1-2-9-3-6-14(17)16-12-5-4-11(15)7-10(12)8-13(9)16/h1,4-5,7,9,13H,3,6,8H2/t9-,13-/m1/s1. The topological polar surface area (TPSA) is 20.3 Å². The van der Waals surface area contributed by atoms with Crippen LogP contribution in [0.4, 0.5) is 10.1 Å². The highest BCUT2D eigenvalue weighted by Gasteiger charge is 2.41. The molecule has 2 aliphatic heterocycles. The lowest BCUT2D eigenvalue weighted by Crippen LogP contribution is -2.46. The van der Waals surface area contributed by atoms with E-state index in [1.807, 2.05) is 0 Å². The first-order valence-corrected chi connectivity index (χ1v) is 5.77. The minimum atomic E-state index is -0.256. The number of rotatable bonds is 0. The summed E-state index contributed by atoms with van der Waals surface area (Å²) in [7, 11) is 0. The van der Waals surface area contributed by atoms with Crippen LogP contribution in [0.3, 0.4) is 0 Å². The molecule has 1 saturated heterocycles. The van der Waals surface area contributed by atoms with Crippen LogP contribution in [-0.2, 0) is 11.2 Å². The number of nitrogens with zero attached hydrogens (tertiary/aromatic N) is 1. The summed E-state index contributed by atoms with van der Waals surface area (Å²) in [5, 5.41) is 0. The fraction of sp³-hybridized carbons (Fsp3) is 0.357. The number of carbonyl (C=O) groups is 1. The molecule has 17 heavy (non-hydrogen) atoms. The van der Waals surface area contributed by atoms with Crippen molar-refractivity contribution in [3.63, 3.8) is 0 Å². The van der Waals surface area contributed by atoms with Gasteiger partial charge < -0.3 is 4.90 Å². The molecule has 1 amide bonds. The highest BCUT2D eigenvalue weighted by molar-refractivity contribution is 5.97. The van der Waals surface area contributed by atoms with Crippen LogP contribution in [-0.4, -0.2) is 11.9 Å². The lowest BCUT2D eigenvalue weighted by molar-refractivity contribution is -0.120. The summed E-state index contributed by atoms with van der Waals surface area (Å²) in [5.74, 6) is 2.69. The first-order valence-electron chi connectivity index (χ1n) is 5.77. The summed E-state index contributed by atoms with van der Waals surface area (Å²) in [6, 6.07) is 4.61. The molecule has 1 fully saturated rings. The van der Waals surface area contributed by atoms with Crippen molar-refractivity contribution in [2.75, 3.05) is 4.90 Å². The zero-order chi connectivity index (χ0) is 12.0. The molecule has 0 spiro atoms. The second-order valence-corrected chi connectivity index (χ2v) is 4.62. The molecule has 0 bridgehead atoms. The van der Waals surface area contributed by atoms with Gasteiger partial charge in [0.05, 0.1) is 6.04 Å². The third-order valence-electron chi connectivity index (χ3n) is 3.68. The van der Waals surface area contributed by atoms with Crippen LogP contribution in [0.15, 0.2) is 18.2 Å². The number of halogens is 1. The van der Waals surface area contributed by atoms with Crippen molar-refractivity contribution in [3.8, 4) is 12.3 Å². The van der Waals surface area contributed by atoms with Crippen LogP contribution in [0.2, 0.25) is 0 Å². The third-order valence-corrected chi connectivity index (χ3v) is 3.68. The highest BCUT2D eigenvalue weighted by Crippen LogP contribution is 2.39. The Hall–Kier alpha value is -1.82. The van der Waals surface area contributed by atoms with E-state index in [1.165, 1.54) is 12.1 Å². The van der Waals surface area contributed by atoms with Crippen molar-refractivity contribution in [2.45, 2.75) is 25.3 Å². The van der Waals surface area contributed by atoms with Gasteiger partial charge in [0.15, 0.2) is 0 Å². The Morgan fingerprint density at radius 1 is 1.47 bits per heavy atom. The predicted octanol–water partition coefficient (Wildman–Crippen LogP) is 2.13. The number of anilines is 1. The lowest BCUT2D eigenvalue weighted by atomic mass is 9.89. The molecule has 0 aliphatic carbocycles. The molecule has 0 unspecified atom stereocenters. The zero-order valence-electron chi connectivity index (χ0n) is 9.32. The van der Waals surface area contributed by atoms with Gasteiger partial charge in [-0.05, 0) is 36.6 Å². The molecule has 2 nitrogen and oxygen atoms in total. The third kappa shape index (κ3) is 1.44. The van der Waals surface area contributed by atoms with E-state index >= 15 is 0 Å². The SMILES string of the molecule is C#C[C@@H]1CCC(=O)N2c3ccc(F)cc3C[C@H]12. The summed E-state index contributed by atoms with van der Waals surface area (Å²) in [4.78, 5) is 13.7. The minimum absolute atomic E-state index is 0.0260. The van der Waals surface area contributed by atoms with Crippen LogP contribution >= 0.6 is 0 Å². The number of terminal acetylenes is 1. The average Bonchev–Trinajstić information content (AvgIpc) is 2.68. The number of amides is 1. The van der Waals surface area contributed by atoms with Gasteiger partial charge in [-0.2, -0.15) is 0 Å². The number of benzene rings is 1. The number of hydrogen-bond donors (Lipinski definition) is 0. The average molecular weight is 229 g/mol. The van der Waals surface area contributed by atoms with Crippen LogP contribution in [0.1, 0.15) is 18.4 Å². The maximum Gasteiger partial charge on any atom is 0.227 e. The normalized spacial score (nSPS) is 26.4. The number of hydrogen-bond acceptors (Lipinski definition) is 1. The van der Waals surface area contributed by atoms with Crippen molar-refractivity contribution >= 4 is 11.6 Å². The molecule has 0 radical (unpaired) electrons. The molecule has 1 aromatic carbocycles. The first-order chi connectivity index (χ1) is 8.20. The van der Waals surface area contributed by atoms with Crippen molar-refractivity contribution in [1.29, 1.82) is 0 Å². The quantitative estimate of drug-likeness (QED) is 0.624. The van der Waals surface area contributed by atoms with Gasteiger partial charge in [-0.1, -0.05) is 0 Å². The molecule has 3 rings (SSSR count). The van der Waals surface area contributed by atoms with E-state index in [9.17, 15) is 9.18 Å². The van der Waals surface area contributed by atoms with Crippen molar-refractivity contribution in [2.24, 2.45) is 5.92 Å². The Kier molecular flexibility index (Phi) is 2.19. The van der Waals surface area contributed by atoms with Gasteiger partial charge in [0, 0.05) is 18.0 Å². The second-order valence-electron chi connectivity index (χ2n) is 4.62. The van der Waals surface area contributed by atoms with Crippen molar-refractivity contribution < 1.29 is 9.18 Å². The van der Waals surface area contributed by atoms with E-state index in [2.05, 4.69) is 5.92 Å². The number of carbonyl (C=O) groups excluding carboxylic acids is 1.